The molecule has 4 aromatic carbocycles. The molecule has 0 unspecified atom stereocenters. The molecule has 0 radical (unpaired) electrons. The van der Waals surface area contributed by atoms with E-state index in [-0.39, 0.29) is 0 Å². The molecule has 4 rings (SSSR count). The zero-order valence-corrected chi connectivity index (χ0v) is 18.2. The van der Waals surface area contributed by atoms with Crippen LogP contribution in [0.25, 0.3) is 0 Å². The molecule has 0 spiro atoms. The van der Waals surface area contributed by atoms with Gasteiger partial charge in [-0.05, 0) is 0 Å². The maximum absolute atomic E-state index is 12.4. The van der Waals surface area contributed by atoms with Crippen LogP contribution in [0.4, 0.5) is 0 Å². The predicted octanol–water partition coefficient (Wildman–Crippen LogP) is 2.17. The van der Waals surface area contributed by atoms with Crippen LogP contribution >= 0.6 is 6.83 Å². The summed E-state index contributed by atoms with van der Waals surface area (Å²) >= 11 is 0. The molecule has 0 aromatic heterocycles. The standard InChI is InChI=1S/C25H22ClO3P/c1-21-17-19-25(20-18-21)30(29-26(27)28,22-11-5-2-6-12-22,23-13-7-3-8-14-23)24-15-9-4-10-16-24/h2-20H,1H3. The second-order valence-corrected chi connectivity index (χ2v) is 12.2. The molecule has 0 aliphatic rings. The quantitative estimate of drug-likeness (QED) is 0.435. The normalized spacial score (nSPS) is 13.0. The van der Waals surface area contributed by atoms with Gasteiger partial charge in [0.15, 0.2) is 0 Å². The summed E-state index contributed by atoms with van der Waals surface area (Å²) in [6, 6.07) is 37.0. The van der Waals surface area contributed by atoms with E-state index in [1.54, 1.807) is 0 Å². The van der Waals surface area contributed by atoms with Gasteiger partial charge in [0, 0.05) is 0 Å². The van der Waals surface area contributed by atoms with E-state index in [1.807, 2.05) is 122 Å². The Balaban J connectivity index is 2.29. The molecule has 4 aromatic rings. The molecule has 3 nitrogen and oxygen atoms in total. The third kappa shape index (κ3) is 3.16. The van der Waals surface area contributed by atoms with Crippen LogP contribution in [0.5, 0.6) is 0 Å². The fourth-order valence-corrected chi connectivity index (χ4v) is 11.0. The average molecular weight is 437 g/mol. The number of benzene rings is 4. The summed E-state index contributed by atoms with van der Waals surface area (Å²) in [5, 5.41) is 3.28. The Morgan fingerprint density at radius 2 is 0.867 bits per heavy atom. The zero-order valence-electron chi connectivity index (χ0n) is 16.5. The van der Waals surface area contributed by atoms with Gasteiger partial charge in [0.05, 0.1) is 0 Å². The number of rotatable bonds is 6. The molecule has 0 aliphatic carbocycles. The summed E-state index contributed by atoms with van der Waals surface area (Å²) in [6.45, 7) is -2.08. The van der Waals surface area contributed by atoms with Crippen molar-refractivity contribution >= 4 is 28.0 Å². The fourth-order valence-electron chi connectivity index (χ4n) is 4.13. The van der Waals surface area contributed by atoms with E-state index >= 15 is 0 Å². The Morgan fingerprint density at radius 1 is 0.533 bits per heavy atom. The molecule has 0 bridgehead atoms. The monoisotopic (exact) mass is 436 g/mol. The van der Waals surface area contributed by atoms with Gasteiger partial charge in [-0.3, -0.25) is 0 Å². The van der Waals surface area contributed by atoms with E-state index in [4.69, 9.17) is 4.08 Å². The molecule has 0 N–H and O–H groups in total. The van der Waals surface area contributed by atoms with E-state index in [1.165, 1.54) is 0 Å². The van der Waals surface area contributed by atoms with Gasteiger partial charge >= 0.3 is 180 Å². The van der Waals surface area contributed by atoms with Crippen molar-refractivity contribution in [1.29, 1.82) is 0 Å². The SMILES string of the molecule is Cc1ccc(P(O[Cl+2]([O-])[O-])(c2ccccc2)(c2ccccc2)c2ccccc2)cc1. The zero-order chi connectivity index (χ0) is 21.1. The molecule has 30 heavy (non-hydrogen) atoms. The molecule has 0 amide bonds. The predicted molar refractivity (Wildman–Crippen MR) is 117 cm³/mol. The molecule has 0 aliphatic heterocycles. The first-order valence-electron chi connectivity index (χ1n) is 9.59. The Morgan fingerprint density at radius 3 is 1.20 bits per heavy atom. The Labute approximate surface area is 180 Å². The topological polar surface area (TPSA) is 55.3 Å². The van der Waals surface area contributed by atoms with Gasteiger partial charge in [0.2, 0.25) is 0 Å². The van der Waals surface area contributed by atoms with E-state index in [0.29, 0.717) is 0 Å². The molecular weight excluding hydrogens is 415 g/mol. The maximum atomic E-state index is 12.4. The van der Waals surface area contributed by atoms with Crippen molar-refractivity contribution in [3.63, 3.8) is 0 Å². The van der Waals surface area contributed by atoms with Gasteiger partial charge in [-0.2, -0.15) is 0 Å². The number of halogens is 1. The molecule has 0 atom stereocenters. The van der Waals surface area contributed by atoms with Crippen LogP contribution in [0.1, 0.15) is 5.56 Å². The first-order chi connectivity index (χ1) is 14.6. The van der Waals surface area contributed by atoms with Crippen molar-refractivity contribution in [2.75, 3.05) is 0 Å². The number of hydrogen-bond acceptors (Lipinski definition) is 3. The third-order valence-corrected chi connectivity index (χ3v) is 12.2. The van der Waals surface area contributed by atoms with Crippen LogP contribution in [-0.4, -0.2) is 0 Å². The summed E-state index contributed by atoms with van der Waals surface area (Å²) in [4.78, 5) is 0. The first kappa shape index (κ1) is 20.7. The Bertz CT molecular complexity index is 1000. The first-order valence-corrected chi connectivity index (χ1v) is 12.7. The van der Waals surface area contributed by atoms with E-state index in [2.05, 4.69) is 0 Å². The minimum absolute atomic E-state index is 0.818. The summed E-state index contributed by atoms with van der Waals surface area (Å²) in [5.41, 5.74) is 1.09. The molecule has 0 fully saturated rings. The third-order valence-electron chi connectivity index (χ3n) is 5.47. The second kappa shape index (κ2) is 8.31. The minimum atomic E-state index is -4.09. The van der Waals surface area contributed by atoms with E-state index < -0.39 is 17.6 Å². The van der Waals surface area contributed by atoms with Gasteiger partial charge in [-0.15, -0.1) is 0 Å². The Hall–Kier alpha value is -2.52. The van der Waals surface area contributed by atoms with Crippen LogP contribution < -0.4 is 30.5 Å². The summed E-state index contributed by atoms with van der Waals surface area (Å²) < 4.78 is 30.9. The van der Waals surface area contributed by atoms with Crippen LogP contribution in [0.3, 0.4) is 0 Å². The van der Waals surface area contributed by atoms with Crippen LogP contribution in [-0.2, 0) is 4.08 Å². The fraction of sp³-hybridized carbons (Fsp3) is 0.0400. The van der Waals surface area contributed by atoms with Gasteiger partial charge in [0.25, 0.3) is 0 Å². The molecule has 0 saturated carbocycles. The van der Waals surface area contributed by atoms with Crippen molar-refractivity contribution in [1.82, 2.24) is 0 Å². The van der Waals surface area contributed by atoms with Crippen molar-refractivity contribution in [3.05, 3.63) is 121 Å². The Kier molecular flexibility index (Phi) is 5.75. The number of aryl methyl sites for hydroxylation is 1. The average Bonchev–Trinajstić information content (AvgIpc) is 2.80. The van der Waals surface area contributed by atoms with Crippen molar-refractivity contribution in [2.45, 2.75) is 6.92 Å². The summed E-state index contributed by atoms with van der Waals surface area (Å²) in [6.07, 6.45) is 0. The summed E-state index contributed by atoms with van der Waals surface area (Å²) in [5.74, 6) is 0. The molecule has 0 heterocycles. The molecule has 0 saturated heterocycles. The van der Waals surface area contributed by atoms with Crippen molar-refractivity contribution in [2.24, 2.45) is 0 Å². The molecule has 152 valence electrons. The van der Waals surface area contributed by atoms with Crippen LogP contribution in [0.15, 0.2) is 115 Å². The second-order valence-electron chi connectivity index (χ2n) is 7.14. The summed E-state index contributed by atoms with van der Waals surface area (Å²) in [7, 11) is -2.37. The van der Waals surface area contributed by atoms with Gasteiger partial charge in [0.1, 0.15) is 0 Å². The van der Waals surface area contributed by atoms with E-state index in [0.717, 1.165) is 26.8 Å². The number of hydrogen-bond donors (Lipinski definition) is 0. The van der Waals surface area contributed by atoms with Crippen molar-refractivity contribution in [3.8, 4) is 0 Å². The van der Waals surface area contributed by atoms with Crippen LogP contribution in [0.2, 0.25) is 0 Å². The van der Waals surface area contributed by atoms with Gasteiger partial charge < -0.3 is 0 Å². The van der Waals surface area contributed by atoms with Gasteiger partial charge in [-0.1, -0.05) is 0 Å². The molecule has 5 heteroatoms. The van der Waals surface area contributed by atoms with E-state index in [9.17, 15) is 9.32 Å². The molecular formula is C25H22ClO3P. The van der Waals surface area contributed by atoms with Crippen LogP contribution in [0, 0.1) is 17.7 Å². The van der Waals surface area contributed by atoms with Crippen molar-refractivity contribution < 1.29 is 24.2 Å². The van der Waals surface area contributed by atoms with Gasteiger partial charge in [-0.25, -0.2) is 0 Å².